The molecule has 1 aliphatic rings. The number of thiophene rings is 1. The summed E-state index contributed by atoms with van der Waals surface area (Å²) in [5.41, 5.74) is 0.832. The largest absolute Gasteiger partial charge is 0.345 e. The molecule has 2 aromatic rings. The van der Waals surface area contributed by atoms with Crippen molar-refractivity contribution < 1.29 is 9.59 Å². The number of hydrogen-bond donors (Lipinski definition) is 1. The number of halogens is 1. The molecule has 4 nitrogen and oxygen atoms in total. The molecule has 0 radical (unpaired) electrons. The molecule has 0 spiro atoms. The van der Waals surface area contributed by atoms with E-state index < -0.39 is 6.04 Å². The van der Waals surface area contributed by atoms with Gasteiger partial charge in [-0.3, -0.25) is 9.59 Å². The van der Waals surface area contributed by atoms with Crippen molar-refractivity contribution in [1.29, 1.82) is 0 Å². The molecule has 1 saturated heterocycles. The molecule has 1 N–H and O–H groups in total. The molecule has 1 unspecified atom stereocenters. The van der Waals surface area contributed by atoms with Crippen molar-refractivity contribution in [3.8, 4) is 0 Å². The standard InChI is InChI=1S/C15H13BrN2O2S/c16-11-6-12(21-9-11)8-18-13(19)7-17-15(20)14(18)10-4-2-1-3-5-10/h1-6,9,14H,7-8H2,(H,17,20). The van der Waals surface area contributed by atoms with Gasteiger partial charge in [0.05, 0.1) is 13.1 Å². The van der Waals surface area contributed by atoms with Crippen LogP contribution >= 0.6 is 27.3 Å². The van der Waals surface area contributed by atoms with E-state index in [2.05, 4.69) is 21.2 Å². The molecular formula is C15H13BrN2O2S. The molecule has 2 amide bonds. The minimum absolute atomic E-state index is 0.0621. The molecule has 6 heteroatoms. The second-order valence-electron chi connectivity index (χ2n) is 4.78. The fraction of sp³-hybridized carbons (Fsp3) is 0.200. The van der Waals surface area contributed by atoms with Crippen LogP contribution in [0.25, 0.3) is 0 Å². The predicted molar refractivity (Wildman–Crippen MR) is 84.8 cm³/mol. The van der Waals surface area contributed by atoms with Gasteiger partial charge >= 0.3 is 0 Å². The van der Waals surface area contributed by atoms with Gasteiger partial charge in [-0.2, -0.15) is 0 Å². The van der Waals surface area contributed by atoms with E-state index in [9.17, 15) is 9.59 Å². The third-order valence-corrected chi connectivity index (χ3v) is 5.04. The first-order valence-electron chi connectivity index (χ1n) is 6.50. The fourth-order valence-electron chi connectivity index (χ4n) is 2.40. The van der Waals surface area contributed by atoms with Crippen LogP contribution in [0.5, 0.6) is 0 Å². The van der Waals surface area contributed by atoms with Gasteiger partial charge in [0, 0.05) is 14.7 Å². The van der Waals surface area contributed by atoms with Crippen LogP contribution in [-0.4, -0.2) is 23.3 Å². The van der Waals surface area contributed by atoms with Crippen molar-refractivity contribution in [1.82, 2.24) is 10.2 Å². The van der Waals surface area contributed by atoms with Gasteiger partial charge < -0.3 is 10.2 Å². The maximum absolute atomic E-state index is 12.2. The quantitative estimate of drug-likeness (QED) is 0.909. The van der Waals surface area contributed by atoms with Crippen molar-refractivity contribution in [3.05, 3.63) is 56.7 Å². The van der Waals surface area contributed by atoms with Gasteiger partial charge in [-0.25, -0.2) is 0 Å². The molecular weight excluding hydrogens is 352 g/mol. The summed E-state index contributed by atoms with van der Waals surface area (Å²) < 4.78 is 0.993. The first-order chi connectivity index (χ1) is 10.1. The summed E-state index contributed by atoms with van der Waals surface area (Å²) in [5, 5.41) is 4.64. The molecule has 2 heterocycles. The Hall–Kier alpha value is -1.66. The molecule has 1 fully saturated rings. The topological polar surface area (TPSA) is 49.4 Å². The number of piperazine rings is 1. The van der Waals surface area contributed by atoms with Gasteiger partial charge in [0.25, 0.3) is 0 Å². The summed E-state index contributed by atoms with van der Waals surface area (Å²) in [7, 11) is 0. The van der Waals surface area contributed by atoms with Crippen molar-refractivity contribution in [3.63, 3.8) is 0 Å². The number of nitrogens with zero attached hydrogens (tertiary/aromatic N) is 1. The SMILES string of the molecule is O=C1NCC(=O)N(Cc2cc(Br)cs2)C1c1ccccc1. The van der Waals surface area contributed by atoms with Gasteiger partial charge in [-0.15, -0.1) is 11.3 Å². The summed E-state index contributed by atoms with van der Waals surface area (Å²) in [5.74, 6) is -0.190. The minimum Gasteiger partial charge on any atom is -0.345 e. The van der Waals surface area contributed by atoms with Crippen molar-refractivity contribution >= 4 is 39.1 Å². The molecule has 0 saturated carbocycles. The lowest BCUT2D eigenvalue weighted by Crippen LogP contribution is -2.52. The number of hydrogen-bond acceptors (Lipinski definition) is 3. The van der Waals surface area contributed by atoms with Gasteiger partial charge in [0.2, 0.25) is 11.8 Å². The Kier molecular flexibility index (Phi) is 4.07. The number of benzene rings is 1. The van der Waals surface area contributed by atoms with E-state index in [0.29, 0.717) is 6.54 Å². The number of rotatable bonds is 3. The Bertz CT molecular complexity index is 671. The van der Waals surface area contributed by atoms with Gasteiger partial charge in [-0.05, 0) is 27.6 Å². The molecule has 1 aromatic heterocycles. The zero-order valence-electron chi connectivity index (χ0n) is 11.1. The van der Waals surface area contributed by atoms with E-state index in [1.807, 2.05) is 41.8 Å². The lowest BCUT2D eigenvalue weighted by Gasteiger charge is -2.34. The smallest absolute Gasteiger partial charge is 0.247 e. The second kappa shape index (κ2) is 5.99. The zero-order valence-corrected chi connectivity index (χ0v) is 13.5. The predicted octanol–water partition coefficient (Wildman–Crippen LogP) is 2.71. The normalized spacial score (nSPS) is 18.7. The van der Waals surface area contributed by atoms with Crippen LogP contribution in [0.3, 0.4) is 0 Å². The van der Waals surface area contributed by atoms with Crippen molar-refractivity contribution in [2.75, 3.05) is 6.54 Å². The van der Waals surface area contributed by atoms with E-state index in [-0.39, 0.29) is 18.4 Å². The maximum atomic E-state index is 12.2. The lowest BCUT2D eigenvalue weighted by molar-refractivity contribution is -0.146. The van der Waals surface area contributed by atoms with Crippen molar-refractivity contribution in [2.24, 2.45) is 0 Å². The average molecular weight is 365 g/mol. The van der Waals surface area contributed by atoms with Gasteiger partial charge in [0.1, 0.15) is 6.04 Å². The number of nitrogens with one attached hydrogen (secondary N) is 1. The molecule has 1 aliphatic heterocycles. The summed E-state index contributed by atoms with van der Waals surface area (Å²) in [6.45, 7) is 0.511. The highest BCUT2D eigenvalue weighted by Crippen LogP contribution is 2.28. The average Bonchev–Trinajstić information content (AvgIpc) is 2.89. The van der Waals surface area contributed by atoms with E-state index >= 15 is 0 Å². The van der Waals surface area contributed by atoms with Crippen LogP contribution in [0.15, 0.2) is 46.3 Å². The summed E-state index contributed by atoms with van der Waals surface area (Å²) in [4.78, 5) is 27.2. The highest BCUT2D eigenvalue weighted by atomic mass is 79.9. The third kappa shape index (κ3) is 3.01. The minimum atomic E-state index is -0.562. The Morgan fingerprint density at radius 1 is 1.29 bits per heavy atom. The van der Waals surface area contributed by atoms with Crippen LogP contribution in [0.1, 0.15) is 16.5 Å². The van der Waals surface area contributed by atoms with Crippen LogP contribution in [0.2, 0.25) is 0 Å². The Balaban J connectivity index is 1.92. The number of amides is 2. The van der Waals surface area contributed by atoms with E-state index in [0.717, 1.165) is 14.9 Å². The summed E-state index contributed by atoms with van der Waals surface area (Å²) in [6.07, 6.45) is 0. The first kappa shape index (κ1) is 14.3. The third-order valence-electron chi connectivity index (χ3n) is 3.36. The van der Waals surface area contributed by atoms with Crippen LogP contribution in [-0.2, 0) is 16.1 Å². The number of carbonyl (C=O) groups is 2. The Morgan fingerprint density at radius 3 is 2.71 bits per heavy atom. The summed E-state index contributed by atoms with van der Waals surface area (Å²) in [6, 6.07) is 10.8. The molecule has 3 rings (SSSR count). The Labute approximate surface area is 134 Å². The van der Waals surface area contributed by atoms with Crippen LogP contribution in [0, 0.1) is 0 Å². The fourth-order valence-corrected chi connectivity index (χ4v) is 3.85. The molecule has 21 heavy (non-hydrogen) atoms. The van der Waals surface area contributed by atoms with Gasteiger partial charge in [-0.1, -0.05) is 30.3 Å². The first-order valence-corrected chi connectivity index (χ1v) is 8.17. The van der Waals surface area contributed by atoms with Gasteiger partial charge in [0.15, 0.2) is 0 Å². The molecule has 0 aliphatic carbocycles. The molecule has 1 aromatic carbocycles. The lowest BCUT2D eigenvalue weighted by atomic mass is 10.0. The summed E-state index contributed by atoms with van der Waals surface area (Å²) >= 11 is 4.98. The molecule has 108 valence electrons. The molecule has 0 bridgehead atoms. The molecule has 1 atom stereocenters. The van der Waals surface area contributed by atoms with Crippen LogP contribution < -0.4 is 5.32 Å². The van der Waals surface area contributed by atoms with Crippen LogP contribution in [0.4, 0.5) is 0 Å². The van der Waals surface area contributed by atoms with E-state index in [1.54, 1.807) is 16.2 Å². The number of carbonyl (C=O) groups excluding carboxylic acids is 2. The van der Waals surface area contributed by atoms with Crippen molar-refractivity contribution in [2.45, 2.75) is 12.6 Å². The Morgan fingerprint density at radius 2 is 2.05 bits per heavy atom. The monoisotopic (exact) mass is 364 g/mol. The van der Waals surface area contributed by atoms with E-state index in [1.165, 1.54) is 0 Å². The maximum Gasteiger partial charge on any atom is 0.247 e. The zero-order chi connectivity index (χ0) is 14.8. The highest BCUT2D eigenvalue weighted by Gasteiger charge is 2.35. The second-order valence-corrected chi connectivity index (χ2v) is 6.70. The highest BCUT2D eigenvalue weighted by molar-refractivity contribution is 9.10. The van der Waals surface area contributed by atoms with E-state index in [4.69, 9.17) is 0 Å².